The molecular weight excluding hydrogens is 152 g/mol. The zero-order chi connectivity index (χ0) is 10.8. The summed E-state index contributed by atoms with van der Waals surface area (Å²) >= 11 is 0. The molecule has 3 N–H and O–H groups in total. The van der Waals surface area contributed by atoms with Gasteiger partial charge < -0.3 is 15.8 Å². The molecule has 0 atom stereocenters. The Kier molecular flexibility index (Phi) is 142. The van der Waals surface area contributed by atoms with Crippen molar-refractivity contribution in [2.24, 2.45) is 5.73 Å². The number of carbonyl (C=O) groups excluding carboxylic acids is 1. The first kappa shape index (κ1) is 22.6. The number of rotatable bonds is 2. The van der Waals surface area contributed by atoms with Crippen LogP contribution in [0.15, 0.2) is 0 Å². The fourth-order valence-electron chi connectivity index (χ4n) is 0.0833. The van der Waals surface area contributed by atoms with Crippen LogP contribution >= 0.6 is 0 Å². The van der Waals surface area contributed by atoms with Gasteiger partial charge in [0.15, 0.2) is 0 Å². The SMILES string of the molecule is CC.CCC.CN.CNCC=O. The topological polar surface area (TPSA) is 55.1 Å². The van der Waals surface area contributed by atoms with Gasteiger partial charge in [-0.2, -0.15) is 0 Å². The molecule has 3 heteroatoms. The van der Waals surface area contributed by atoms with Crippen LogP contribution in [0.5, 0.6) is 0 Å². The smallest absolute Gasteiger partial charge is 0.133 e. The van der Waals surface area contributed by atoms with Crippen molar-refractivity contribution in [1.29, 1.82) is 0 Å². The molecule has 3 nitrogen and oxygen atoms in total. The Labute approximate surface area is 77.7 Å². The highest BCUT2D eigenvalue weighted by Gasteiger charge is 1.62. The Bertz CT molecular complexity index is 41.5. The molecule has 0 rings (SSSR count). The summed E-state index contributed by atoms with van der Waals surface area (Å²) in [7, 11) is 3.23. The van der Waals surface area contributed by atoms with E-state index in [0.717, 1.165) is 6.29 Å². The van der Waals surface area contributed by atoms with Crippen molar-refractivity contribution < 1.29 is 4.79 Å². The van der Waals surface area contributed by atoms with Crippen LogP contribution in [0.25, 0.3) is 0 Å². The summed E-state index contributed by atoms with van der Waals surface area (Å²) in [5, 5.41) is 2.65. The van der Waals surface area contributed by atoms with Crippen LogP contribution in [-0.2, 0) is 4.79 Å². The summed E-state index contributed by atoms with van der Waals surface area (Å²) in [4.78, 5) is 9.34. The maximum Gasteiger partial charge on any atom is 0.133 e. The average molecular weight is 178 g/mol. The number of likely N-dealkylation sites (N-methyl/N-ethyl adjacent to an activating group) is 1. The lowest BCUT2D eigenvalue weighted by molar-refractivity contribution is -0.107. The number of aldehydes is 1. The molecule has 0 aromatic carbocycles. The fourth-order valence-corrected chi connectivity index (χ4v) is 0.0833. The van der Waals surface area contributed by atoms with Crippen LogP contribution < -0.4 is 11.1 Å². The van der Waals surface area contributed by atoms with Crippen molar-refractivity contribution in [3.8, 4) is 0 Å². The van der Waals surface area contributed by atoms with E-state index in [-0.39, 0.29) is 0 Å². The van der Waals surface area contributed by atoms with Crippen LogP contribution in [-0.4, -0.2) is 26.9 Å². The minimum absolute atomic E-state index is 0.458. The second-order valence-corrected chi connectivity index (χ2v) is 1.43. The van der Waals surface area contributed by atoms with E-state index in [4.69, 9.17) is 0 Å². The highest BCUT2D eigenvalue weighted by molar-refractivity contribution is 5.51. The quantitative estimate of drug-likeness (QED) is 0.629. The van der Waals surface area contributed by atoms with Crippen molar-refractivity contribution in [2.75, 3.05) is 20.6 Å². The molecule has 0 fully saturated rings. The Morgan fingerprint density at radius 2 is 1.50 bits per heavy atom. The van der Waals surface area contributed by atoms with Crippen molar-refractivity contribution in [1.82, 2.24) is 5.32 Å². The zero-order valence-corrected chi connectivity index (χ0v) is 9.48. The van der Waals surface area contributed by atoms with Crippen molar-refractivity contribution in [2.45, 2.75) is 34.1 Å². The third kappa shape index (κ3) is 280. The molecule has 0 saturated carbocycles. The highest BCUT2D eigenvalue weighted by Crippen LogP contribution is 1.56. The largest absolute Gasteiger partial charge is 0.333 e. The van der Waals surface area contributed by atoms with Gasteiger partial charge in [0.2, 0.25) is 0 Å². The number of carbonyl (C=O) groups is 1. The second-order valence-electron chi connectivity index (χ2n) is 1.43. The molecule has 0 aromatic heterocycles. The third-order valence-corrected chi connectivity index (χ3v) is 0.287. The fraction of sp³-hybridized carbons (Fsp3) is 0.889. The molecule has 0 amide bonds. The van der Waals surface area contributed by atoms with Crippen LogP contribution in [0.1, 0.15) is 34.1 Å². The first-order chi connectivity index (χ1) is 5.83. The van der Waals surface area contributed by atoms with Gasteiger partial charge in [-0.05, 0) is 14.1 Å². The molecule has 78 valence electrons. The van der Waals surface area contributed by atoms with E-state index in [2.05, 4.69) is 24.9 Å². The highest BCUT2D eigenvalue weighted by atomic mass is 16.1. The van der Waals surface area contributed by atoms with E-state index in [1.165, 1.54) is 13.5 Å². The monoisotopic (exact) mass is 178 g/mol. The molecule has 0 aliphatic rings. The predicted molar refractivity (Wildman–Crippen MR) is 57.4 cm³/mol. The molecule has 0 saturated heterocycles. The van der Waals surface area contributed by atoms with Gasteiger partial charge in [-0.25, -0.2) is 0 Å². The first-order valence-electron chi connectivity index (χ1n) is 4.49. The van der Waals surface area contributed by atoms with Crippen LogP contribution in [0.3, 0.4) is 0 Å². The summed E-state index contributed by atoms with van der Waals surface area (Å²) in [6.07, 6.45) is 2.07. The maximum absolute atomic E-state index is 9.34. The predicted octanol–water partition coefficient (Wildman–Crippen LogP) is 1.42. The lowest BCUT2D eigenvalue weighted by Crippen LogP contribution is -2.07. The number of hydrogen-bond acceptors (Lipinski definition) is 3. The molecule has 0 aromatic rings. The van der Waals surface area contributed by atoms with Gasteiger partial charge in [0, 0.05) is 0 Å². The summed E-state index contributed by atoms with van der Waals surface area (Å²) in [5.41, 5.74) is 4.50. The molecule has 0 bridgehead atoms. The van der Waals surface area contributed by atoms with Crippen LogP contribution in [0, 0.1) is 0 Å². The summed E-state index contributed by atoms with van der Waals surface area (Å²) in [6, 6.07) is 0. The molecule has 0 aliphatic carbocycles. The minimum Gasteiger partial charge on any atom is -0.333 e. The van der Waals surface area contributed by atoms with Crippen LogP contribution in [0.4, 0.5) is 0 Å². The van der Waals surface area contributed by atoms with E-state index in [1.807, 2.05) is 13.8 Å². The maximum atomic E-state index is 9.34. The van der Waals surface area contributed by atoms with E-state index in [0.29, 0.717) is 6.54 Å². The van der Waals surface area contributed by atoms with E-state index in [9.17, 15) is 4.79 Å². The average Bonchev–Trinajstić information content (AvgIpc) is 2.14. The normalized spacial score (nSPS) is 5.58. The number of nitrogens with one attached hydrogen (secondary N) is 1. The second kappa shape index (κ2) is 75.6. The summed E-state index contributed by atoms with van der Waals surface area (Å²) < 4.78 is 0. The summed E-state index contributed by atoms with van der Waals surface area (Å²) in [6.45, 7) is 8.71. The standard InChI is InChI=1S/C3H7NO.C3H8.C2H6.CH5N/c1-4-2-3-5;1-3-2;2*1-2/h3-4H,2H2,1H3;3H2,1-2H3;1-2H3;2H2,1H3. The Morgan fingerprint density at radius 1 is 1.25 bits per heavy atom. The van der Waals surface area contributed by atoms with E-state index >= 15 is 0 Å². The lowest BCUT2D eigenvalue weighted by atomic mass is 10.6. The van der Waals surface area contributed by atoms with Gasteiger partial charge in [0.25, 0.3) is 0 Å². The minimum atomic E-state index is 0.458. The molecular formula is C9H26N2O. The van der Waals surface area contributed by atoms with Crippen molar-refractivity contribution in [3.05, 3.63) is 0 Å². The van der Waals surface area contributed by atoms with E-state index < -0.39 is 0 Å². The zero-order valence-electron chi connectivity index (χ0n) is 9.48. The van der Waals surface area contributed by atoms with Gasteiger partial charge in [-0.3, -0.25) is 0 Å². The van der Waals surface area contributed by atoms with Gasteiger partial charge in [-0.1, -0.05) is 34.1 Å². The van der Waals surface area contributed by atoms with Gasteiger partial charge in [0.1, 0.15) is 6.29 Å². The van der Waals surface area contributed by atoms with Crippen molar-refractivity contribution in [3.63, 3.8) is 0 Å². The molecule has 0 heterocycles. The molecule has 12 heavy (non-hydrogen) atoms. The third-order valence-electron chi connectivity index (χ3n) is 0.287. The summed E-state index contributed by atoms with van der Waals surface area (Å²) in [5.74, 6) is 0. The lowest BCUT2D eigenvalue weighted by Gasteiger charge is -1.75. The van der Waals surface area contributed by atoms with Gasteiger partial charge in [0.05, 0.1) is 6.54 Å². The first-order valence-corrected chi connectivity index (χ1v) is 4.49. The Hall–Kier alpha value is -0.410. The molecule has 0 radical (unpaired) electrons. The van der Waals surface area contributed by atoms with Crippen LogP contribution in [0.2, 0.25) is 0 Å². The Morgan fingerprint density at radius 3 is 1.50 bits per heavy atom. The molecule has 0 unspecified atom stereocenters. The molecule has 0 spiro atoms. The molecule has 0 aliphatic heterocycles. The van der Waals surface area contributed by atoms with E-state index in [1.54, 1.807) is 7.05 Å². The number of hydrogen-bond donors (Lipinski definition) is 2. The number of nitrogens with two attached hydrogens (primary N) is 1. The van der Waals surface area contributed by atoms with Crippen molar-refractivity contribution >= 4 is 6.29 Å². The van der Waals surface area contributed by atoms with Gasteiger partial charge >= 0.3 is 0 Å². The Balaban J connectivity index is -0.0000000397. The van der Waals surface area contributed by atoms with Gasteiger partial charge in [-0.15, -0.1) is 0 Å².